The largest absolute Gasteiger partial charge is 0.344 e. The third kappa shape index (κ3) is 4.54. The van der Waals surface area contributed by atoms with Crippen LogP contribution in [0.1, 0.15) is 22.7 Å². The fourth-order valence-electron chi connectivity index (χ4n) is 2.61. The summed E-state index contributed by atoms with van der Waals surface area (Å²) in [6, 6.07) is 22.3. The van der Waals surface area contributed by atoms with Crippen molar-refractivity contribution >= 4 is 11.8 Å². The first-order valence-corrected chi connectivity index (χ1v) is 8.31. The van der Waals surface area contributed by atoms with Gasteiger partial charge in [-0.3, -0.25) is 14.6 Å². The van der Waals surface area contributed by atoms with Crippen molar-refractivity contribution in [3.8, 4) is 0 Å². The van der Waals surface area contributed by atoms with E-state index in [0.717, 1.165) is 16.7 Å². The molecule has 0 unspecified atom stereocenters. The first kappa shape index (κ1) is 17.4. The topological polar surface area (TPSA) is 71.1 Å². The quantitative estimate of drug-likeness (QED) is 0.698. The molecule has 0 atom stereocenters. The predicted molar refractivity (Wildman–Crippen MR) is 99.0 cm³/mol. The molecule has 3 aromatic rings. The number of rotatable bonds is 5. The molecule has 2 N–H and O–H groups in total. The monoisotopic (exact) mass is 345 g/mol. The van der Waals surface area contributed by atoms with Crippen LogP contribution < -0.4 is 10.6 Å². The SMILES string of the molecule is O=C(NCc1cccnc1)C(=O)NC(c1ccccc1)c1ccccc1. The third-order valence-electron chi connectivity index (χ3n) is 3.92. The van der Waals surface area contributed by atoms with Crippen molar-refractivity contribution in [2.75, 3.05) is 0 Å². The molecule has 5 heteroatoms. The summed E-state index contributed by atoms with van der Waals surface area (Å²) in [5.74, 6) is -1.35. The van der Waals surface area contributed by atoms with Crippen LogP contribution in [0.4, 0.5) is 0 Å². The highest BCUT2D eigenvalue weighted by Gasteiger charge is 2.21. The van der Waals surface area contributed by atoms with Gasteiger partial charge in [0.2, 0.25) is 0 Å². The zero-order chi connectivity index (χ0) is 18.2. The van der Waals surface area contributed by atoms with Gasteiger partial charge in [0.1, 0.15) is 0 Å². The molecule has 130 valence electrons. The van der Waals surface area contributed by atoms with Gasteiger partial charge < -0.3 is 10.6 Å². The Morgan fingerprint density at radius 3 is 1.96 bits per heavy atom. The van der Waals surface area contributed by atoms with E-state index in [9.17, 15) is 9.59 Å². The molecule has 0 radical (unpaired) electrons. The molecular weight excluding hydrogens is 326 g/mol. The number of carbonyl (C=O) groups is 2. The minimum Gasteiger partial charge on any atom is -0.344 e. The Labute approximate surface area is 152 Å². The lowest BCUT2D eigenvalue weighted by atomic mass is 9.99. The summed E-state index contributed by atoms with van der Waals surface area (Å²) in [5, 5.41) is 5.44. The molecule has 2 aromatic carbocycles. The van der Waals surface area contributed by atoms with Gasteiger partial charge in [-0.15, -0.1) is 0 Å². The molecule has 2 amide bonds. The number of nitrogens with one attached hydrogen (secondary N) is 2. The van der Waals surface area contributed by atoms with Crippen LogP contribution in [0.3, 0.4) is 0 Å². The van der Waals surface area contributed by atoms with Crippen molar-refractivity contribution in [2.45, 2.75) is 12.6 Å². The second-order valence-electron chi connectivity index (χ2n) is 5.77. The smallest absolute Gasteiger partial charge is 0.310 e. The Hall–Kier alpha value is -3.47. The van der Waals surface area contributed by atoms with Crippen LogP contribution in [0.5, 0.6) is 0 Å². The van der Waals surface area contributed by atoms with Crippen molar-refractivity contribution < 1.29 is 9.59 Å². The molecule has 5 nitrogen and oxygen atoms in total. The standard InChI is InChI=1S/C21H19N3O2/c25-20(23-15-16-8-7-13-22-14-16)21(26)24-19(17-9-3-1-4-10-17)18-11-5-2-6-12-18/h1-14,19H,15H2,(H,23,25)(H,24,26). The van der Waals surface area contributed by atoms with E-state index in [1.54, 1.807) is 18.5 Å². The summed E-state index contributed by atoms with van der Waals surface area (Å²) in [4.78, 5) is 28.5. The third-order valence-corrected chi connectivity index (χ3v) is 3.92. The molecule has 0 aliphatic carbocycles. The average Bonchev–Trinajstić information content (AvgIpc) is 2.72. The summed E-state index contributed by atoms with van der Waals surface area (Å²) < 4.78 is 0. The Balaban J connectivity index is 1.70. The highest BCUT2D eigenvalue weighted by molar-refractivity contribution is 6.35. The van der Waals surface area contributed by atoms with E-state index in [1.807, 2.05) is 66.7 Å². The van der Waals surface area contributed by atoms with Gasteiger partial charge in [-0.05, 0) is 22.8 Å². The van der Waals surface area contributed by atoms with Crippen molar-refractivity contribution in [1.82, 2.24) is 15.6 Å². The lowest BCUT2D eigenvalue weighted by molar-refractivity contribution is -0.139. The minimum atomic E-state index is -0.675. The van der Waals surface area contributed by atoms with E-state index < -0.39 is 17.9 Å². The molecule has 0 bridgehead atoms. The van der Waals surface area contributed by atoms with Crippen LogP contribution in [-0.2, 0) is 16.1 Å². The fourth-order valence-corrected chi connectivity index (χ4v) is 2.61. The zero-order valence-electron chi connectivity index (χ0n) is 14.1. The lowest BCUT2D eigenvalue weighted by Crippen LogP contribution is -2.41. The lowest BCUT2D eigenvalue weighted by Gasteiger charge is -2.19. The van der Waals surface area contributed by atoms with Gasteiger partial charge in [0.15, 0.2) is 0 Å². The number of nitrogens with zero attached hydrogens (tertiary/aromatic N) is 1. The Morgan fingerprint density at radius 2 is 1.42 bits per heavy atom. The Bertz CT molecular complexity index is 813. The van der Waals surface area contributed by atoms with Crippen molar-refractivity contribution in [3.05, 3.63) is 102 Å². The van der Waals surface area contributed by atoms with Crippen molar-refractivity contribution in [1.29, 1.82) is 0 Å². The van der Waals surface area contributed by atoms with E-state index in [1.165, 1.54) is 0 Å². The van der Waals surface area contributed by atoms with Gasteiger partial charge >= 0.3 is 11.8 Å². The maximum atomic E-state index is 12.4. The van der Waals surface area contributed by atoms with Crippen LogP contribution in [0.15, 0.2) is 85.2 Å². The van der Waals surface area contributed by atoms with Gasteiger partial charge in [-0.25, -0.2) is 0 Å². The van der Waals surface area contributed by atoms with Gasteiger partial charge in [0, 0.05) is 18.9 Å². The summed E-state index contributed by atoms with van der Waals surface area (Å²) >= 11 is 0. The molecular formula is C21H19N3O2. The molecule has 1 heterocycles. The average molecular weight is 345 g/mol. The van der Waals surface area contributed by atoms with Crippen LogP contribution in [0, 0.1) is 0 Å². The van der Waals surface area contributed by atoms with Gasteiger partial charge in [0.25, 0.3) is 0 Å². The molecule has 0 fully saturated rings. The van der Waals surface area contributed by atoms with Crippen LogP contribution in [0.25, 0.3) is 0 Å². The Morgan fingerprint density at radius 1 is 0.808 bits per heavy atom. The maximum absolute atomic E-state index is 12.4. The molecule has 1 aromatic heterocycles. The van der Waals surface area contributed by atoms with Crippen LogP contribution in [-0.4, -0.2) is 16.8 Å². The van der Waals surface area contributed by atoms with E-state index in [2.05, 4.69) is 15.6 Å². The number of amides is 2. The van der Waals surface area contributed by atoms with Crippen LogP contribution in [0.2, 0.25) is 0 Å². The predicted octanol–water partition coefficient (Wildman–Crippen LogP) is 2.60. The number of hydrogen-bond donors (Lipinski definition) is 2. The molecule has 0 spiro atoms. The van der Waals surface area contributed by atoms with E-state index >= 15 is 0 Å². The summed E-state index contributed by atoms with van der Waals surface area (Å²) in [5.41, 5.74) is 2.65. The molecule has 26 heavy (non-hydrogen) atoms. The zero-order valence-corrected chi connectivity index (χ0v) is 14.1. The maximum Gasteiger partial charge on any atom is 0.310 e. The molecule has 0 saturated heterocycles. The molecule has 3 rings (SSSR count). The number of benzene rings is 2. The number of pyridine rings is 1. The first-order valence-electron chi connectivity index (χ1n) is 8.31. The summed E-state index contributed by atoms with van der Waals surface area (Å²) in [7, 11) is 0. The fraction of sp³-hybridized carbons (Fsp3) is 0.0952. The first-order chi connectivity index (χ1) is 12.7. The number of aromatic nitrogens is 1. The second kappa shape index (κ2) is 8.58. The van der Waals surface area contributed by atoms with Gasteiger partial charge in [0.05, 0.1) is 6.04 Å². The van der Waals surface area contributed by atoms with Gasteiger partial charge in [-0.1, -0.05) is 66.7 Å². The van der Waals surface area contributed by atoms with Crippen molar-refractivity contribution in [3.63, 3.8) is 0 Å². The molecule has 0 aliphatic rings. The molecule has 0 aliphatic heterocycles. The normalized spacial score (nSPS) is 10.3. The highest BCUT2D eigenvalue weighted by Crippen LogP contribution is 2.21. The number of hydrogen-bond acceptors (Lipinski definition) is 3. The van der Waals surface area contributed by atoms with E-state index in [0.29, 0.717) is 0 Å². The van der Waals surface area contributed by atoms with Crippen LogP contribution >= 0.6 is 0 Å². The highest BCUT2D eigenvalue weighted by atomic mass is 16.2. The van der Waals surface area contributed by atoms with E-state index in [4.69, 9.17) is 0 Å². The summed E-state index contributed by atoms with van der Waals surface area (Å²) in [6.45, 7) is 0.251. The second-order valence-corrected chi connectivity index (χ2v) is 5.77. The summed E-state index contributed by atoms with van der Waals surface area (Å²) in [6.07, 6.45) is 3.30. The minimum absolute atomic E-state index is 0.251. The van der Waals surface area contributed by atoms with Crippen molar-refractivity contribution in [2.24, 2.45) is 0 Å². The van der Waals surface area contributed by atoms with E-state index in [-0.39, 0.29) is 6.54 Å². The molecule has 0 saturated carbocycles. The van der Waals surface area contributed by atoms with Gasteiger partial charge in [-0.2, -0.15) is 0 Å². The number of carbonyl (C=O) groups excluding carboxylic acids is 2. The Kier molecular flexibility index (Phi) is 5.72.